The van der Waals surface area contributed by atoms with E-state index in [4.69, 9.17) is 4.74 Å². The molecule has 4 nitrogen and oxygen atoms in total. The molecule has 92 valence electrons. The Labute approximate surface area is 99.2 Å². The second-order valence-corrected chi connectivity index (χ2v) is 4.01. The Balaban J connectivity index is 1.82. The molecular weight excluding hydrogens is 223 g/mol. The number of anilines is 1. The number of amides is 1. The van der Waals surface area contributed by atoms with Gasteiger partial charge in [-0.3, -0.25) is 5.32 Å². The third-order valence-electron chi connectivity index (χ3n) is 2.62. The summed E-state index contributed by atoms with van der Waals surface area (Å²) in [7, 11) is 0. The molecule has 0 radical (unpaired) electrons. The van der Waals surface area contributed by atoms with Crippen LogP contribution in [0.4, 0.5) is 14.9 Å². The monoisotopic (exact) mass is 238 g/mol. The van der Waals surface area contributed by atoms with Crippen LogP contribution in [-0.4, -0.2) is 25.3 Å². The van der Waals surface area contributed by atoms with E-state index in [1.807, 2.05) is 0 Å². The summed E-state index contributed by atoms with van der Waals surface area (Å²) in [5, 5.41) is 5.72. The fourth-order valence-electron chi connectivity index (χ4n) is 1.75. The van der Waals surface area contributed by atoms with Gasteiger partial charge in [0.15, 0.2) is 0 Å². The van der Waals surface area contributed by atoms with Gasteiger partial charge in [-0.15, -0.1) is 0 Å². The van der Waals surface area contributed by atoms with Crippen molar-refractivity contribution in [2.45, 2.75) is 18.9 Å². The maximum atomic E-state index is 12.6. The summed E-state index contributed by atoms with van der Waals surface area (Å²) in [4.78, 5) is 11.5. The summed E-state index contributed by atoms with van der Waals surface area (Å²) < 4.78 is 17.9. The van der Waals surface area contributed by atoms with Crippen LogP contribution in [0.3, 0.4) is 0 Å². The maximum Gasteiger partial charge on any atom is 0.411 e. The number of nitrogens with one attached hydrogen (secondary N) is 2. The summed E-state index contributed by atoms with van der Waals surface area (Å²) in [6.45, 7) is 1.66. The van der Waals surface area contributed by atoms with E-state index in [1.54, 1.807) is 0 Å². The molecule has 0 unspecified atom stereocenters. The second-order valence-electron chi connectivity index (χ2n) is 4.01. The first-order valence-electron chi connectivity index (χ1n) is 5.68. The molecule has 1 amide bonds. The molecule has 2 rings (SSSR count). The molecule has 0 bridgehead atoms. The van der Waals surface area contributed by atoms with Gasteiger partial charge >= 0.3 is 6.09 Å². The van der Waals surface area contributed by atoms with E-state index >= 15 is 0 Å². The maximum absolute atomic E-state index is 12.6. The van der Waals surface area contributed by atoms with Crippen LogP contribution >= 0.6 is 0 Å². The summed E-state index contributed by atoms with van der Waals surface area (Å²) >= 11 is 0. The van der Waals surface area contributed by atoms with Crippen LogP contribution in [0.25, 0.3) is 0 Å². The first-order chi connectivity index (χ1) is 8.24. The van der Waals surface area contributed by atoms with Crippen LogP contribution in [0.1, 0.15) is 12.8 Å². The van der Waals surface area contributed by atoms with Crippen LogP contribution in [0.15, 0.2) is 24.3 Å². The van der Waals surface area contributed by atoms with Gasteiger partial charge in [0.1, 0.15) is 11.9 Å². The summed E-state index contributed by atoms with van der Waals surface area (Å²) in [6.07, 6.45) is 1.31. The van der Waals surface area contributed by atoms with E-state index in [9.17, 15) is 9.18 Å². The van der Waals surface area contributed by atoms with Crippen molar-refractivity contribution >= 4 is 11.8 Å². The SMILES string of the molecule is O=C(Nc1ccc(F)cc1)O[C@@H]1CCCNC1. The number of piperidine rings is 1. The lowest BCUT2D eigenvalue weighted by molar-refractivity contribution is 0.0941. The Morgan fingerprint density at radius 3 is 2.82 bits per heavy atom. The van der Waals surface area contributed by atoms with E-state index < -0.39 is 6.09 Å². The Morgan fingerprint density at radius 1 is 1.41 bits per heavy atom. The molecule has 0 saturated carbocycles. The number of carbonyl (C=O) groups is 1. The zero-order valence-corrected chi connectivity index (χ0v) is 9.41. The molecule has 1 fully saturated rings. The van der Waals surface area contributed by atoms with Gasteiger partial charge in [-0.05, 0) is 43.7 Å². The van der Waals surface area contributed by atoms with Gasteiger partial charge < -0.3 is 10.1 Å². The molecule has 1 aliphatic rings. The van der Waals surface area contributed by atoms with E-state index in [0.717, 1.165) is 19.4 Å². The van der Waals surface area contributed by atoms with Crippen LogP contribution in [0.2, 0.25) is 0 Å². The first kappa shape index (κ1) is 11.9. The predicted molar refractivity (Wildman–Crippen MR) is 62.4 cm³/mol. The van der Waals surface area contributed by atoms with Gasteiger partial charge in [0.05, 0.1) is 0 Å². The first-order valence-corrected chi connectivity index (χ1v) is 5.68. The molecular formula is C12H15FN2O2. The lowest BCUT2D eigenvalue weighted by Crippen LogP contribution is -2.37. The number of ether oxygens (including phenoxy) is 1. The molecule has 17 heavy (non-hydrogen) atoms. The smallest absolute Gasteiger partial charge is 0.411 e. The zero-order chi connectivity index (χ0) is 12.1. The Hall–Kier alpha value is -1.62. The van der Waals surface area contributed by atoms with E-state index in [-0.39, 0.29) is 11.9 Å². The van der Waals surface area contributed by atoms with Crippen molar-refractivity contribution in [3.63, 3.8) is 0 Å². The molecule has 1 heterocycles. The molecule has 1 aromatic carbocycles. The van der Waals surface area contributed by atoms with Crippen LogP contribution in [0, 0.1) is 5.82 Å². The van der Waals surface area contributed by atoms with Crippen LogP contribution < -0.4 is 10.6 Å². The van der Waals surface area contributed by atoms with E-state index in [2.05, 4.69) is 10.6 Å². The lowest BCUT2D eigenvalue weighted by Gasteiger charge is -2.22. The Bertz CT molecular complexity index is 375. The van der Waals surface area contributed by atoms with E-state index in [0.29, 0.717) is 12.2 Å². The molecule has 0 aliphatic carbocycles. The molecule has 1 atom stereocenters. The van der Waals surface area contributed by atoms with Gasteiger partial charge in [-0.25, -0.2) is 9.18 Å². The molecule has 0 aromatic heterocycles. The van der Waals surface area contributed by atoms with Crippen molar-refractivity contribution in [3.8, 4) is 0 Å². The average molecular weight is 238 g/mol. The number of hydrogen-bond donors (Lipinski definition) is 2. The molecule has 1 aromatic rings. The van der Waals surface area contributed by atoms with Gasteiger partial charge in [0.25, 0.3) is 0 Å². The zero-order valence-electron chi connectivity index (χ0n) is 9.41. The minimum atomic E-state index is -0.495. The number of benzene rings is 1. The molecule has 0 spiro atoms. The van der Waals surface area contributed by atoms with Crippen molar-refractivity contribution < 1.29 is 13.9 Å². The number of hydrogen-bond acceptors (Lipinski definition) is 3. The minimum absolute atomic E-state index is 0.0794. The summed E-state index contributed by atoms with van der Waals surface area (Å²) in [5.74, 6) is -0.333. The van der Waals surface area contributed by atoms with Crippen LogP contribution in [0.5, 0.6) is 0 Å². The topological polar surface area (TPSA) is 50.4 Å². The highest BCUT2D eigenvalue weighted by Crippen LogP contribution is 2.11. The average Bonchev–Trinajstić information content (AvgIpc) is 2.33. The fraction of sp³-hybridized carbons (Fsp3) is 0.417. The van der Waals surface area contributed by atoms with Crippen molar-refractivity contribution in [3.05, 3.63) is 30.1 Å². The van der Waals surface area contributed by atoms with Crippen molar-refractivity contribution in [1.82, 2.24) is 5.32 Å². The number of carbonyl (C=O) groups excluding carboxylic acids is 1. The van der Waals surface area contributed by atoms with Gasteiger partial charge in [0.2, 0.25) is 0 Å². The number of rotatable bonds is 2. The number of halogens is 1. The molecule has 5 heteroatoms. The molecule has 1 saturated heterocycles. The van der Waals surface area contributed by atoms with Gasteiger partial charge in [-0.1, -0.05) is 0 Å². The molecule has 2 N–H and O–H groups in total. The van der Waals surface area contributed by atoms with Gasteiger partial charge in [-0.2, -0.15) is 0 Å². The summed E-state index contributed by atoms with van der Waals surface area (Å²) in [5.41, 5.74) is 0.528. The minimum Gasteiger partial charge on any atom is -0.445 e. The third kappa shape index (κ3) is 3.71. The predicted octanol–water partition coefficient (Wildman–Crippen LogP) is 2.13. The highest BCUT2D eigenvalue weighted by molar-refractivity contribution is 5.84. The van der Waals surface area contributed by atoms with E-state index in [1.165, 1.54) is 24.3 Å². The van der Waals surface area contributed by atoms with Crippen molar-refractivity contribution in [1.29, 1.82) is 0 Å². The standard InChI is InChI=1S/C12H15FN2O2/c13-9-3-5-10(6-4-9)15-12(16)17-11-2-1-7-14-8-11/h3-6,11,14H,1-2,7-8H2,(H,15,16)/t11-/m1/s1. The van der Waals surface area contributed by atoms with Crippen LogP contribution in [-0.2, 0) is 4.74 Å². The second kappa shape index (κ2) is 5.63. The third-order valence-corrected chi connectivity index (χ3v) is 2.62. The normalized spacial score (nSPS) is 19.7. The van der Waals surface area contributed by atoms with Crippen molar-refractivity contribution in [2.75, 3.05) is 18.4 Å². The highest BCUT2D eigenvalue weighted by Gasteiger charge is 2.17. The largest absolute Gasteiger partial charge is 0.445 e. The highest BCUT2D eigenvalue weighted by atomic mass is 19.1. The Kier molecular flexibility index (Phi) is 3.93. The fourth-order valence-corrected chi connectivity index (χ4v) is 1.75. The molecule has 1 aliphatic heterocycles. The van der Waals surface area contributed by atoms with Crippen molar-refractivity contribution in [2.24, 2.45) is 0 Å². The van der Waals surface area contributed by atoms with Gasteiger partial charge in [0, 0.05) is 12.2 Å². The quantitative estimate of drug-likeness (QED) is 0.829. The summed E-state index contributed by atoms with van der Waals surface area (Å²) in [6, 6.07) is 5.57. The Morgan fingerprint density at radius 2 is 2.18 bits per heavy atom. The lowest BCUT2D eigenvalue weighted by atomic mass is 10.1.